The van der Waals surface area contributed by atoms with Gasteiger partial charge in [-0.2, -0.15) is 4.73 Å². The maximum atomic E-state index is 10.4. The minimum Gasteiger partial charge on any atom is -0.503 e. The molecule has 132 valence electrons. The molecule has 4 N–H and O–H groups in total. The smallest absolute Gasteiger partial charge is 0.187 e. The van der Waals surface area contributed by atoms with Crippen LogP contribution in [0.15, 0.2) is 36.4 Å². The summed E-state index contributed by atoms with van der Waals surface area (Å²) in [4.78, 5) is 12.2. The number of hydrogen-bond donors (Lipinski definition) is 4. The molecule has 27 heavy (non-hydrogen) atoms. The van der Waals surface area contributed by atoms with Crippen molar-refractivity contribution in [1.82, 2.24) is 19.7 Å². The fraction of sp³-hybridized carbons (Fsp3) is 0. The van der Waals surface area contributed by atoms with Crippen molar-refractivity contribution in [2.75, 3.05) is 0 Å². The normalized spacial score (nSPS) is 12.6. The van der Waals surface area contributed by atoms with E-state index in [0.29, 0.717) is 11.4 Å². The summed E-state index contributed by atoms with van der Waals surface area (Å²) in [6.07, 6.45) is 7.18. The highest BCUT2D eigenvalue weighted by molar-refractivity contribution is 5.84. The molecule has 0 unspecified atom stereocenters. The van der Waals surface area contributed by atoms with Gasteiger partial charge >= 0.3 is 0 Å². The third-order valence-corrected chi connectivity index (χ3v) is 4.44. The number of aromatic hydroxyl groups is 2. The van der Waals surface area contributed by atoms with Crippen LogP contribution in [0.2, 0.25) is 0 Å². The molecular formula is C20H14N4O3. The Morgan fingerprint density at radius 2 is 1.07 bits per heavy atom. The maximum Gasteiger partial charge on any atom is 0.187 e. The van der Waals surface area contributed by atoms with Crippen molar-refractivity contribution < 1.29 is 15.4 Å². The van der Waals surface area contributed by atoms with Gasteiger partial charge in [0.15, 0.2) is 11.5 Å². The largest absolute Gasteiger partial charge is 0.503 e. The lowest BCUT2D eigenvalue weighted by Crippen LogP contribution is -1.88. The van der Waals surface area contributed by atoms with Crippen molar-refractivity contribution in [2.45, 2.75) is 0 Å². The summed E-state index contributed by atoms with van der Waals surface area (Å²) in [5, 5.41) is 30.9. The Kier molecular flexibility index (Phi) is 3.11. The SMILES string of the molecule is Oc1c(O)c2cc3nc(cc4ccc(cc5nc(cc1n2O)C=C5)[nH]4)C=C3. The number of aromatic nitrogens is 4. The van der Waals surface area contributed by atoms with Gasteiger partial charge in [0.1, 0.15) is 11.0 Å². The van der Waals surface area contributed by atoms with Crippen molar-refractivity contribution in [1.29, 1.82) is 0 Å². The summed E-state index contributed by atoms with van der Waals surface area (Å²) in [6.45, 7) is 0. The van der Waals surface area contributed by atoms with Gasteiger partial charge in [0.05, 0.1) is 22.8 Å². The molecule has 7 heteroatoms. The molecule has 7 nitrogen and oxygen atoms in total. The molecule has 2 aliphatic heterocycles. The van der Waals surface area contributed by atoms with Gasteiger partial charge < -0.3 is 20.4 Å². The number of H-pyrrole nitrogens is 1. The lowest BCUT2D eigenvalue weighted by Gasteiger charge is -1.94. The zero-order valence-corrected chi connectivity index (χ0v) is 14.0. The first-order chi connectivity index (χ1) is 13.1. The molecule has 0 aliphatic carbocycles. The number of hydrogen-bond acceptors (Lipinski definition) is 5. The highest BCUT2D eigenvalue weighted by Crippen LogP contribution is 2.37. The topological polar surface area (TPSA) is 107 Å². The highest BCUT2D eigenvalue weighted by atomic mass is 16.5. The molecule has 0 atom stereocenters. The first-order valence-electron chi connectivity index (χ1n) is 8.28. The van der Waals surface area contributed by atoms with Gasteiger partial charge in [-0.3, -0.25) is 0 Å². The number of nitrogens with zero attached hydrogens (tertiary/aromatic N) is 3. The molecule has 2 aliphatic rings. The third kappa shape index (κ3) is 2.53. The van der Waals surface area contributed by atoms with E-state index in [2.05, 4.69) is 15.0 Å². The Morgan fingerprint density at radius 3 is 1.52 bits per heavy atom. The van der Waals surface area contributed by atoms with Crippen LogP contribution < -0.4 is 0 Å². The van der Waals surface area contributed by atoms with E-state index < -0.39 is 11.5 Å². The van der Waals surface area contributed by atoms with E-state index in [-0.39, 0.29) is 11.0 Å². The van der Waals surface area contributed by atoms with E-state index in [1.165, 1.54) is 12.1 Å². The van der Waals surface area contributed by atoms with Crippen LogP contribution in [0, 0.1) is 0 Å². The predicted molar refractivity (Wildman–Crippen MR) is 103 cm³/mol. The average molecular weight is 358 g/mol. The summed E-state index contributed by atoms with van der Waals surface area (Å²) in [6, 6.07) is 10.7. The van der Waals surface area contributed by atoms with Gasteiger partial charge in [0.2, 0.25) is 0 Å². The van der Waals surface area contributed by atoms with E-state index in [4.69, 9.17) is 0 Å². The van der Waals surface area contributed by atoms with E-state index >= 15 is 0 Å². The highest BCUT2D eigenvalue weighted by Gasteiger charge is 2.15. The first-order valence-corrected chi connectivity index (χ1v) is 8.28. The van der Waals surface area contributed by atoms with Crippen LogP contribution in [0.1, 0.15) is 22.8 Å². The summed E-state index contributed by atoms with van der Waals surface area (Å²) in [5.74, 6) is -0.845. The zero-order valence-electron chi connectivity index (χ0n) is 14.0. The Morgan fingerprint density at radius 1 is 0.667 bits per heavy atom. The summed E-state index contributed by atoms with van der Waals surface area (Å²) < 4.78 is 0.725. The summed E-state index contributed by atoms with van der Waals surface area (Å²) >= 11 is 0. The fourth-order valence-corrected chi connectivity index (χ4v) is 3.14. The van der Waals surface area contributed by atoms with Gasteiger partial charge in [-0.15, -0.1) is 0 Å². The molecule has 0 spiro atoms. The molecule has 0 radical (unpaired) electrons. The van der Waals surface area contributed by atoms with Crippen molar-refractivity contribution in [3.05, 3.63) is 59.2 Å². The number of aromatic amines is 1. The predicted octanol–water partition coefficient (Wildman–Crippen LogP) is 3.78. The van der Waals surface area contributed by atoms with Crippen LogP contribution in [-0.4, -0.2) is 35.1 Å². The second kappa shape index (κ2) is 5.50. The molecule has 3 aromatic rings. The van der Waals surface area contributed by atoms with Crippen LogP contribution in [-0.2, 0) is 0 Å². The van der Waals surface area contributed by atoms with Crippen LogP contribution in [0.25, 0.3) is 46.4 Å². The molecule has 0 fully saturated rings. The Bertz CT molecular complexity index is 1220. The van der Waals surface area contributed by atoms with E-state index in [1.54, 1.807) is 12.2 Å². The minimum atomic E-state index is -0.423. The second-order valence-corrected chi connectivity index (χ2v) is 6.32. The molecular weight excluding hydrogens is 344 g/mol. The second-order valence-electron chi connectivity index (χ2n) is 6.32. The average Bonchev–Trinajstić information content (AvgIpc) is 3.40. The quantitative estimate of drug-likeness (QED) is 0.315. The van der Waals surface area contributed by atoms with E-state index in [1.807, 2.05) is 36.4 Å². The van der Waals surface area contributed by atoms with Crippen molar-refractivity contribution in [3.63, 3.8) is 0 Å². The number of rotatable bonds is 0. The van der Waals surface area contributed by atoms with Crippen molar-refractivity contribution >= 4 is 46.4 Å². The summed E-state index contributed by atoms with van der Waals surface area (Å²) in [5.41, 5.74) is 4.38. The standard InChI is InChI=1S/C20H14N4O3/c25-19-17-9-15-5-3-13(22-15)7-11-1-2-12(21-11)8-14-4-6-16(23-14)10-18(20(19)26)24(17)27/h1-10,21,25-27H. The molecule has 8 bridgehead atoms. The Hall–Kier alpha value is -4.00. The Balaban J connectivity index is 1.93. The molecule has 0 aromatic carbocycles. The first kappa shape index (κ1) is 15.3. The van der Waals surface area contributed by atoms with Gasteiger partial charge in [0.25, 0.3) is 0 Å². The van der Waals surface area contributed by atoms with Crippen LogP contribution >= 0.6 is 0 Å². The monoisotopic (exact) mass is 358 g/mol. The maximum absolute atomic E-state index is 10.4. The fourth-order valence-electron chi connectivity index (χ4n) is 3.14. The van der Waals surface area contributed by atoms with Gasteiger partial charge in [0, 0.05) is 11.0 Å². The lowest BCUT2D eigenvalue weighted by atomic mass is 10.3. The molecule has 0 amide bonds. The van der Waals surface area contributed by atoms with Gasteiger partial charge in [-0.1, -0.05) is 0 Å². The number of nitrogens with one attached hydrogen (secondary N) is 1. The molecule has 3 aromatic heterocycles. The Labute approximate surface area is 152 Å². The molecule has 0 saturated carbocycles. The van der Waals surface area contributed by atoms with Gasteiger partial charge in [-0.25, -0.2) is 9.97 Å². The van der Waals surface area contributed by atoms with Crippen LogP contribution in [0.4, 0.5) is 0 Å². The molecule has 5 heterocycles. The van der Waals surface area contributed by atoms with Crippen molar-refractivity contribution in [3.8, 4) is 11.5 Å². The summed E-state index contributed by atoms with van der Waals surface area (Å²) in [7, 11) is 0. The third-order valence-electron chi connectivity index (χ3n) is 4.44. The number of fused-ring (bicyclic) bond motifs is 8. The van der Waals surface area contributed by atoms with E-state index in [0.717, 1.165) is 27.2 Å². The zero-order chi connectivity index (χ0) is 18.5. The van der Waals surface area contributed by atoms with Crippen molar-refractivity contribution in [2.24, 2.45) is 0 Å². The van der Waals surface area contributed by atoms with Gasteiger partial charge in [-0.05, 0) is 60.7 Å². The molecule has 0 saturated heterocycles. The lowest BCUT2D eigenvalue weighted by molar-refractivity contribution is 0.210. The van der Waals surface area contributed by atoms with Crippen LogP contribution in [0.3, 0.4) is 0 Å². The van der Waals surface area contributed by atoms with E-state index in [9.17, 15) is 15.4 Å². The molecule has 5 rings (SSSR count). The van der Waals surface area contributed by atoms with Crippen LogP contribution in [0.5, 0.6) is 11.5 Å². The minimum absolute atomic E-state index is 0.0380.